The van der Waals surface area contributed by atoms with E-state index in [-0.39, 0.29) is 10.0 Å². The predicted octanol–water partition coefficient (Wildman–Crippen LogP) is 2.53. The van der Waals surface area contributed by atoms with Gasteiger partial charge in [0, 0.05) is 13.7 Å². The Morgan fingerprint density at radius 3 is 2.83 bits per heavy atom. The Balaban J connectivity index is 2.44. The molecule has 0 radical (unpaired) electrons. The van der Waals surface area contributed by atoms with Gasteiger partial charge in [0.1, 0.15) is 6.07 Å². The van der Waals surface area contributed by atoms with Crippen molar-refractivity contribution in [3.63, 3.8) is 0 Å². The van der Waals surface area contributed by atoms with E-state index in [2.05, 4.69) is 21.2 Å². The predicted molar refractivity (Wildman–Crippen MR) is 70.0 cm³/mol. The van der Waals surface area contributed by atoms with Crippen molar-refractivity contribution < 1.29 is 13.9 Å². The highest BCUT2D eigenvalue weighted by Gasteiger charge is 2.10. The highest BCUT2D eigenvalue weighted by atomic mass is 79.9. The van der Waals surface area contributed by atoms with Crippen molar-refractivity contribution in [3.8, 4) is 6.07 Å². The number of nitrogens with one attached hydrogen (secondary N) is 1. The monoisotopic (exact) mass is 316 g/mol. The van der Waals surface area contributed by atoms with E-state index in [9.17, 15) is 4.39 Å². The largest absolute Gasteiger partial charge is 0.382 e. The summed E-state index contributed by atoms with van der Waals surface area (Å²) in [7, 11) is 1.60. The molecule has 0 bridgehead atoms. The highest BCUT2D eigenvalue weighted by Crippen LogP contribution is 2.26. The van der Waals surface area contributed by atoms with Gasteiger partial charge in [0.2, 0.25) is 0 Å². The van der Waals surface area contributed by atoms with Gasteiger partial charge in [0.05, 0.1) is 35.5 Å². The Morgan fingerprint density at radius 1 is 1.39 bits per heavy atom. The van der Waals surface area contributed by atoms with Crippen LogP contribution in [0, 0.1) is 17.1 Å². The summed E-state index contributed by atoms with van der Waals surface area (Å²) < 4.78 is 24.0. The van der Waals surface area contributed by atoms with Gasteiger partial charge in [0.25, 0.3) is 0 Å². The maximum absolute atomic E-state index is 13.8. The standard InChI is InChI=1S/C12H14BrFN2O2/c1-17-6-7-18-5-4-16-10-3-2-9(8-15)11(13)12(10)14/h2-3,16H,4-7H2,1H3. The first-order valence-electron chi connectivity index (χ1n) is 5.39. The summed E-state index contributed by atoms with van der Waals surface area (Å²) in [5.74, 6) is -0.467. The maximum atomic E-state index is 13.8. The van der Waals surface area contributed by atoms with Gasteiger partial charge in [-0.25, -0.2) is 4.39 Å². The maximum Gasteiger partial charge on any atom is 0.161 e. The van der Waals surface area contributed by atoms with Crippen LogP contribution in [0.4, 0.5) is 10.1 Å². The number of ether oxygens (including phenoxy) is 2. The second-order valence-corrected chi connectivity index (χ2v) is 4.23. The summed E-state index contributed by atoms with van der Waals surface area (Å²) in [5.41, 5.74) is 0.616. The summed E-state index contributed by atoms with van der Waals surface area (Å²) in [6.07, 6.45) is 0. The van der Waals surface area contributed by atoms with E-state index in [1.54, 1.807) is 13.2 Å². The number of halogens is 2. The number of hydrogen-bond donors (Lipinski definition) is 1. The van der Waals surface area contributed by atoms with Crippen LogP contribution in [0.25, 0.3) is 0 Å². The third-order valence-electron chi connectivity index (χ3n) is 2.20. The van der Waals surface area contributed by atoms with E-state index in [0.29, 0.717) is 32.1 Å². The minimum Gasteiger partial charge on any atom is -0.382 e. The van der Waals surface area contributed by atoms with Crippen LogP contribution in [0.5, 0.6) is 0 Å². The molecule has 0 aliphatic rings. The van der Waals surface area contributed by atoms with Gasteiger partial charge in [-0.1, -0.05) is 0 Å². The van der Waals surface area contributed by atoms with Gasteiger partial charge in [-0.2, -0.15) is 5.26 Å². The molecule has 0 aliphatic heterocycles. The molecule has 0 amide bonds. The number of methoxy groups -OCH3 is 1. The first kappa shape index (κ1) is 14.9. The average molecular weight is 317 g/mol. The fourth-order valence-corrected chi connectivity index (χ4v) is 1.71. The molecule has 0 aromatic heterocycles. The Kier molecular flexibility index (Phi) is 6.65. The van der Waals surface area contributed by atoms with E-state index < -0.39 is 5.82 Å². The zero-order valence-electron chi connectivity index (χ0n) is 10.0. The fourth-order valence-electron chi connectivity index (χ4n) is 1.27. The van der Waals surface area contributed by atoms with Crippen molar-refractivity contribution in [1.82, 2.24) is 0 Å². The summed E-state index contributed by atoms with van der Waals surface area (Å²) in [6.45, 7) is 1.99. The minimum absolute atomic E-state index is 0.176. The molecule has 4 nitrogen and oxygen atoms in total. The Hall–Kier alpha value is -1.16. The van der Waals surface area contributed by atoms with Crippen LogP contribution in [-0.2, 0) is 9.47 Å². The van der Waals surface area contributed by atoms with E-state index >= 15 is 0 Å². The van der Waals surface area contributed by atoms with Crippen molar-refractivity contribution in [2.45, 2.75) is 0 Å². The number of hydrogen-bond acceptors (Lipinski definition) is 4. The van der Waals surface area contributed by atoms with Gasteiger partial charge < -0.3 is 14.8 Å². The quantitative estimate of drug-likeness (QED) is 0.785. The van der Waals surface area contributed by atoms with Crippen molar-refractivity contribution in [2.24, 2.45) is 0 Å². The molecule has 0 spiro atoms. The summed E-state index contributed by atoms with van der Waals surface area (Å²) in [6, 6.07) is 4.99. The topological polar surface area (TPSA) is 54.3 Å². The molecule has 0 aliphatic carbocycles. The third-order valence-corrected chi connectivity index (χ3v) is 2.97. The van der Waals surface area contributed by atoms with Crippen molar-refractivity contribution in [2.75, 3.05) is 38.8 Å². The number of nitriles is 1. The molecular formula is C12H14BrFN2O2. The molecule has 0 heterocycles. The zero-order valence-corrected chi connectivity index (χ0v) is 11.6. The lowest BCUT2D eigenvalue weighted by Gasteiger charge is -2.09. The van der Waals surface area contributed by atoms with Crippen molar-refractivity contribution in [3.05, 3.63) is 28.0 Å². The van der Waals surface area contributed by atoms with Crippen molar-refractivity contribution >= 4 is 21.6 Å². The number of nitrogens with zero attached hydrogens (tertiary/aromatic N) is 1. The Morgan fingerprint density at radius 2 is 2.17 bits per heavy atom. The van der Waals surface area contributed by atoms with Crippen LogP contribution in [0.3, 0.4) is 0 Å². The van der Waals surface area contributed by atoms with Gasteiger partial charge >= 0.3 is 0 Å². The van der Waals surface area contributed by atoms with Crippen LogP contribution in [0.15, 0.2) is 16.6 Å². The fraction of sp³-hybridized carbons (Fsp3) is 0.417. The second kappa shape index (κ2) is 8.03. The lowest BCUT2D eigenvalue weighted by Crippen LogP contribution is -2.12. The molecule has 6 heteroatoms. The zero-order chi connectivity index (χ0) is 13.4. The molecule has 0 fully saturated rings. The third kappa shape index (κ3) is 4.26. The molecule has 0 atom stereocenters. The average Bonchev–Trinajstić information content (AvgIpc) is 2.38. The van der Waals surface area contributed by atoms with Crippen LogP contribution >= 0.6 is 15.9 Å². The van der Waals surface area contributed by atoms with Gasteiger partial charge in [-0.15, -0.1) is 0 Å². The summed E-state index contributed by atoms with van der Waals surface area (Å²) in [4.78, 5) is 0. The van der Waals surface area contributed by atoms with E-state index in [1.165, 1.54) is 6.07 Å². The van der Waals surface area contributed by atoms with Crippen LogP contribution in [0.1, 0.15) is 5.56 Å². The van der Waals surface area contributed by atoms with E-state index in [1.807, 2.05) is 6.07 Å². The minimum atomic E-state index is -0.467. The highest BCUT2D eigenvalue weighted by molar-refractivity contribution is 9.10. The van der Waals surface area contributed by atoms with Crippen LogP contribution in [-0.4, -0.2) is 33.5 Å². The molecule has 18 heavy (non-hydrogen) atoms. The molecule has 1 aromatic carbocycles. The van der Waals surface area contributed by atoms with Gasteiger partial charge in [0.15, 0.2) is 5.82 Å². The SMILES string of the molecule is COCCOCCNc1ccc(C#N)c(Br)c1F. The van der Waals surface area contributed by atoms with Crippen molar-refractivity contribution in [1.29, 1.82) is 5.26 Å². The van der Waals surface area contributed by atoms with E-state index in [0.717, 1.165) is 0 Å². The molecular weight excluding hydrogens is 303 g/mol. The van der Waals surface area contributed by atoms with E-state index in [4.69, 9.17) is 14.7 Å². The molecule has 0 unspecified atom stereocenters. The first-order chi connectivity index (χ1) is 8.70. The summed E-state index contributed by atoms with van der Waals surface area (Å²) >= 11 is 3.05. The van der Waals surface area contributed by atoms with Gasteiger partial charge in [-0.05, 0) is 28.1 Å². The molecule has 98 valence electrons. The Bertz CT molecular complexity index is 435. The van der Waals surface area contributed by atoms with Crippen LogP contribution in [0.2, 0.25) is 0 Å². The lowest BCUT2D eigenvalue weighted by molar-refractivity contribution is 0.0759. The molecule has 1 N–H and O–H groups in total. The number of rotatable bonds is 7. The summed E-state index contributed by atoms with van der Waals surface area (Å²) in [5, 5.41) is 11.6. The number of benzene rings is 1. The molecule has 0 saturated heterocycles. The lowest BCUT2D eigenvalue weighted by atomic mass is 10.2. The number of anilines is 1. The van der Waals surface area contributed by atoms with Gasteiger partial charge in [-0.3, -0.25) is 0 Å². The smallest absolute Gasteiger partial charge is 0.161 e. The molecule has 1 aromatic rings. The normalized spacial score (nSPS) is 10.1. The molecule has 0 saturated carbocycles. The van der Waals surface area contributed by atoms with Crippen LogP contribution < -0.4 is 5.32 Å². The molecule has 1 rings (SSSR count). The second-order valence-electron chi connectivity index (χ2n) is 3.43. The first-order valence-corrected chi connectivity index (χ1v) is 6.18. The Labute approximate surface area is 114 Å².